The molecule has 2 fully saturated rings. The number of oxime groups is 1. The second-order valence-corrected chi connectivity index (χ2v) is 13.0. The quantitative estimate of drug-likeness (QED) is 0.115. The summed E-state index contributed by atoms with van der Waals surface area (Å²) in [5, 5.41) is 26.3. The van der Waals surface area contributed by atoms with Gasteiger partial charge < -0.3 is 32.0 Å². The van der Waals surface area contributed by atoms with Crippen LogP contribution in [0.5, 0.6) is 0 Å². The van der Waals surface area contributed by atoms with Crippen LogP contribution >= 0.6 is 46.6 Å². The first kappa shape index (κ1) is 27.5. The number of carbonyl (C=O) groups excluding carboxylic acids is 2. The van der Waals surface area contributed by atoms with Crippen LogP contribution < -0.4 is 16.8 Å². The van der Waals surface area contributed by atoms with Crippen molar-refractivity contribution in [3.8, 4) is 0 Å². The SMILES string of the molecule is CC(N)CSCc1cnccc1SC1(C(=O)O)CS[C@@H]2[C@H](NC(=O)C(=NO)c3csc(N)n3)C(=O)N2C1. The van der Waals surface area contributed by atoms with Gasteiger partial charge in [-0.25, -0.2) is 4.98 Å². The van der Waals surface area contributed by atoms with E-state index in [0.29, 0.717) is 5.75 Å². The summed E-state index contributed by atoms with van der Waals surface area (Å²) in [6.45, 7) is 1.90. The molecule has 198 valence electrons. The Bertz CT molecular complexity index is 1230. The average molecular weight is 584 g/mol. The molecule has 2 aliphatic rings. The Labute approximate surface area is 229 Å². The zero-order chi connectivity index (χ0) is 26.7. The number of nitrogen functional groups attached to an aromatic ring is 1. The van der Waals surface area contributed by atoms with E-state index in [0.717, 1.165) is 27.5 Å². The lowest BCUT2D eigenvalue weighted by Gasteiger charge is -2.53. The number of aliphatic carboxylic acids is 1. The molecule has 7 N–H and O–H groups in total. The van der Waals surface area contributed by atoms with Gasteiger partial charge in [-0.2, -0.15) is 11.8 Å². The van der Waals surface area contributed by atoms with E-state index in [9.17, 15) is 24.7 Å². The number of hydrogen-bond donors (Lipinski definition) is 5. The molecule has 16 heteroatoms. The van der Waals surface area contributed by atoms with Crippen LogP contribution in [0.25, 0.3) is 0 Å². The average Bonchev–Trinajstić information content (AvgIpc) is 3.29. The molecule has 0 aliphatic carbocycles. The Morgan fingerprint density at radius 3 is 2.89 bits per heavy atom. The molecule has 0 radical (unpaired) electrons. The molecule has 4 atom stereocenters. The highest BCUT2D eigenvalue weighted by Crippen LogP contribution is 2.47. The Balaban J connectivity index is 1.44. The van der Waals surface area contributed by atoms with Gasteiger partial charge in [0.2, 0.25) is 5.91 Å². The Morgan fingerprint density at radius 1 is 1.46 bits per heavy atom. The Kier molecular flexibility index (Phi) is 8.52. The topological polar surface area (TPSA) is 197 Å². The highest BCUT2D eigenvalue weighted by Gasteiger charge is 2.58. The fourth-order valence-corrected chi connectivity index (χ4v) is 8.30. The van der Waals surface area contributed by atoms with Crippen molar-refractivity contribution in [1.29, 1.82) is 0 Å². The number of β-lactam (4-membered cyclic amide) rings is 1. The summed E-state index contributed by atoms with van der Waals surface area (Å²) in [6.07, 6.45) is 3.34. The van der Waals surface area contributed by atoms with E-state index in [1.165, 1.54) is 33.8 Å². The number of nitrogens with two attached hydrogens (primary N) is 2. The number of hydrogen-bond acceptors (Lipinski definition) is 13. The van der Waals surface area contributed by atoms with Crippen molar-refractivity contribution in [1.82, 2.24) is 20.2 Å². The molecule has 0 spiro atoms. The van der Waals surface area contributed by atoms with Gasteiger partial charge in [-0.05, 0) is 18.6 Å². The largest absolute Gasteiger partial charge is 0.480 e. The number of thioether (sulfide) groups is 3. The minimum Gasteiger partial charge on any atom is -0.480 e. The van der Waals surface area contributed by atoms with E-state index in [4.69, 9.17) is 11.5 Å². The fourth-order valence-electron chi connectivity index (χ4n) is 3.79. The van der Waals surface area contributed by atoms with Crippen LogP contribution in [0.2, 0.25) is 0 Å². The standard InChI is InChI=1S/C21H25N7O5S4/c1-10(22)5-34-6-11-4-24-3-2-13(11)37-21(19(31)32)8-28-17(30)15(18(28)36-9-21)26-16(29)14(27-33)12-7-35-20(23)25-12/h2-4,7,10,15,18,33H,5-6,8-9,22H2,1H3,(H2,23,25)(H,26,29)(H,31,32)/t10?,15-,18-,21?/m1/s1. The number of carboxylic acid groups (broad SMARTS) is 1. The maximum absolute atomic E-state index is 13.0. The number of nitrogens with one attached hydrogen (secondary N) is 1. The van der Waals surface area contributed by atoms with Gasteiger partial charge in [-0.3, -0.25) is 19.4 Å². The molecule has 0 saturated carbocycles. The van der Waals surface area contributed by atoms with Gasteiger partial charge in [0.1, 0.15) is 21.9 Å². The van der Waals surface area contributed by atoms with Crippen molar-refractivity contribution in [3.05, 3.63) is 35.1 Å². The Morgan fingerprint density at radius 2 is 2.24 bits per heavy atom. The molecular weight excluding hydrogens is 559 g/mol. The highest BCUT2D eigenvalue weighted by atomic mass is 32.2. The lowest BCUT2D eigenvalue weighted by Crippen LogP contribution is -2.74. The fraction of sp³-hybridized carbons (Fsp3) is 0.429. The minimum absolute atomic E-state index is 0.0197. The van der Waals surface area contributed by atoms with Gasteiger partial charge in [0.15, 0.2) is 10.8 Å². The number of thiazole rings is 1. The third-order valence-electron chi connectivity index (χ3n) is 5.61. The lowest BCUT2D eigenvalue weighted by atomic mass is 10.0. The monoisotopic (exact) mass is 583 g/mol. The number of carbonyl (C=O) groups is 3. The van der Waals surface area contributed by atoms with Crippen molar-refractivity contribution >= 4 is 75.2 Å². The van der Waals surface area contributed by atoms with Crippen molar-refractivity contribution < 1.29 is 24.7 Å². The van der Waals surface area contributed by atoms with E-state index in [2.05, 4.69) is 20.4 Å². The predicted molar refractivity (Wildman–Crippen MR) is 145 cm³/mol. The molecule has 2 aromatic heterocycles. The minimum atomic E-state index is -1.27. The van der Waals surface area contributed by atoms with Gasteiger partial charge in [0.25, 0.3) is 5.91 Å². The molecule has 12 nitrogen and oxygen atoms in total. The second kappa shape index (κ2) is 11.5. The normalized spacial score (nSPS) is 24.2. The van der Waals surface area contributed by atoms with Crippen LogP contribution in [0.15, 0.2) is 33.9 Å². The van der Waals surface area contributed by atoms with E-state index >= 15 is 0 Å². The summed E-state index contributed by atoms with van der Waals surface area (Å²) in [4.78, 5) is 48.5. The van der Waals surface area contributed by atoms with Crippen molar-refractivity contribution in [2.24, 2.45) is 10.9 Å². The summed E-state index contributed by atoms with van der Waals surface area (Å²) >= 11 is 5.22. The number of amides is 2. The number of pyridine rings is 1. The molecule has 2 unspecified atom stereocenters. The van der Waals surface area contributed by atoms with E-state index in [1.807, 2.05) is 6.92 Å². The number of carboxylic acids is 1. The highest BCUT2D eigenvalue weighted by molar-refractivity contribution is 8.05. The molecule has 2 aliphatic heterocycles. The molecule has 37 heavy (non-hydrogen) atoms. The van der Waals surface area contributed by atoms with Gasteiger partial charge in [0, 0.05) is 52.5 Å². The summed E-state index contributed by atoms with van der Waals surface area (Å²) in [5.74, 6) is -0.596. The van der Waals surface area contributed by atoms with E-state index in [-0.39, 0.29) is 34.9 Å². The summed E-state index contributed by atoms with van der Waals surface area (Å²) in [5.41, 5.74) is 12.1. The second-order valence-electron chi connectivity index (χ2n) is 8.52. The third-order valence-corrected chi connectivity index (χ3v) is 10.7. The number of aromatic nitrogens is 2. The van der Waals surface area contributed by atoms with Crippen LogP contribution in [-0.4, -0.2) is 88.9 Å². The molecule has 0 aromatic carbocycles. The van der Waals surface area contributed by atoms with Gasteiger partial charge in [0.05, 0.1) is 0 Å². The van der Waals surface area contributed by atoms with Crippen LogP contribution in [0, 0.1) is 0 Å². The summed E-state index contributed by atoms with van der Waals surface area (Å²) in [7, 11) is 0. The van der Waals surface area contributed by atoms with E-state index < -0.39 is 33.9 Å². The predicted octanol–water partition coefficient (Wildman–Crippen LogP) is 0.895. The first-order chi connectivity index (χ1) is 17.6. The summed E-state index contributed by atoms with van der Waals surface area (Å²) in [6, 6.07) is 0.948. The van der Waals surface area contributed by atoms with Crippen LogP contribution in [0.4, 0.5) is 5.13 Å². The number of fused-ring (bicyclic) bond motifs is 1. The van der Waals surface area contributed by atoms with Crippen LogP contribution in [0.3, 0.4) is 0 Å². The molecule has 2 amide bonds. The van der Waals surface area contributed by atoms with Crippen LogP contribution in [-0.2, 0) is 20.1 Å². The molecule has 4 rings (SSSR count). The molecule has 4 heterocycles. The Hall–Kier alpha value is -2.53. The van der Waals surface area contributed by atoms with Gasteiger partial charge in [-0.1, -0.05) is 5.16 Å². The van der Waals surface area contributed by atoms with Crippen molar-refractivity contribution in [2.75, 3.05) is 23.8 Å². The number of rotatable bonds is 10. The zero-order valence-electron chi connectivity index (χ0n) is 19.6. The maximum Gasteiger partial charge on any atom is 0.322 e. The third kappa shape index (κ3) is 5.82. The van der Waals surface area contributed by atoms with Gasteiger partial charge in [-0.15, -0.1) is 34.9 Å². The first-order valence-electron chi connectivity index (χ1n) is 11.0. The number of nitrogens with zero attached hydrogens (tertiary/aromatic N) is 4. The van der Waals surface area contributed by atoms with Gasteiger partial charge >= 0.3 is 5.97 Å². The zero-order valence-corrected chi connectivity index (χ0v) is 22.8. The van der Waals surface area contributed by atoms with Crippen LogP contribution in [0.1, 0.15) is 18.2 Å². The molecule has 0 bridgehead atoms. The molecular formula is C21H25N7O5S4. The maximum atomic E-state index is 13.0. The lowest BCUT2D eigenvalue weighted by molar-refractivity contribution is -0.151. The summed E-state index contributed by atoms with van der Waals surface area (Å²) < 4.78 is -1.27. The molecule has 2 saturated heterocycles. The van der Waals surface area contributed by atoms with Crippen molar-refractivity contribution in [3.63, 3.8) is 0 Å². The van der Waals surface area contributed by atoms with E-state index in [1.54, 1.807) is 30.2 Å². The number of anilines is 1. The molecule has 2 aromatic rings. The smallest absolute Gasteiger partial charge is 0.322 e. The van der Waals surface area contributed by atoms with Crippen molar-refractivity contribution in [2.45, 2.75) is 39.8 Å². The first-order valence-corrected chi connectivity index (χ1v) is 14.9.